The van der Waals surface area contributed by atoms with Crippen LogP contribution in [0.2, 0.25) is 0 Å². The number of rotatable bonds is 5. The fourth-order valence-electron chi connectivity index (χ4n) is 1.51. The Balaban J connectivity index is 1.91. The van der Waals surface area contributed by atoms with E-state index in [1.165, 1.54) is 5.56 Å². The number of pyridine rings is 1. The van der Waals surface area contributed by atoms with Gasteiger partial charge in [-0.05, 0) is 24.7 Å². The molecule has 2 aromatic heterocycles. The molecule has 0 atom stereocenters. The highest BCUT2D eigenvalue weighted by Crippen LogP contribution is 2.16. The number of nitrogens with one attached hydrogen (secondary N) is 1. The summed E-state index contributed by atoms with van der Waals surface area (Å²) < 4.78 is 0. The lowest BCUT2D eigenvalue weighted by molar-refractivity contribution is 0.317. The molecule has 0 bridgehead atoms. The average molecular weight is 249 g/mol. The third-order valence-corrected chi connectivity index (χ3v) is 3.21. The monoisotopic (exact) mass is 249 g/mol. The van der Waals surface area contributed by atoms with E-state index in [4.69, 9.17) is 0 Å². The predicted octanol–water partition coefficient (Wildman–Crippen LogP) is 1.61. The first-order valence-corrected chi connectivity index (χ1v) is 6.17. The van der Waals surface area contributed by atoms with Gasteiger partial charge in [0, 0.05) is 26.0 Å². The molecule has 5 nitrogen and oxygen atoms in total. The van der Waals surface area contributed by atoms with E-state index >= 15 is 0 Å². The van der Waals surface area contributed by atoms with Crippen molar-refractivity contribution in [1.82, 2.24) is 20.1 Å². The fraction of sp³-hybridized carbons (Fsp3) is 0.364. The Morgan fingerprint density at radius 3 is 2.65 bits per heavy atom. The summed E-state index contributed by atoms with van der Waals surface area (Å²) in [5, 5.41) is 13.0. The lowest BCUT2D eigenvalue weighted by Gasteiger charge is -2.14. The molecule has 0 aliphatic carbocycles. The molecular weight excluding hydrogens is 234 g/mol. The third-order valence-electron chi connectivity index (χ3n) is 2.29. The minimum atomic E-state index is 0.807. The average Bonchev–Trinajstić information content (AvgIpc) is 2.78. The number of aromatic nitrogens is 3. The van der Waals surface area contributed by atoms with Gasteiger partial charge in [0.2, 0.25) is 5.13 Å². The van der Waals surface area contributed by atoms with Crippen LogP contribution in [0.3, 0.4) is 0 Å². The van der Waals surface area contributed by atoms with E-state index in [2.05, 4.69) is 32.4 Å². The third kappa shape index (κ3) is 3.47. The SMILES string of the molecule is CNc1nnc(CN(C)Cc2ccncc2)s1. The lowest BCUT2D eigenvalue weighted by Crippen LogP contribution is -2.17. The second-order valence-corrected chi connectivity index (χ2v) is 4.84. The molecule has 0 saturated heterocycles. The van der Waals surface area contributed by atoms with Crippen LogP contribution in [0.25, 0.3) is 0 Å². The smallest absolute Gasteiger partial charge is 0.205 e. The zero-order valence-corrected chi connectivity index (χ0v) is 10.7. The quantitative estimate of drug-likeness (QED) is 0.872. The largest absolute Gasteiger partial charge is 0.363 e. The maximum Gasteiger partial charge on any atom is 0.205 e. The van der Waals surface area contributed by atoms with E-state index in [-0.39, 0.29) is 0 Å². The van der Waals surface area contributed by atoms with Gasteiger partial charge in [-0.1, -0.05) is 11.3 Å². The zero-order chi connectivity index (χ0) is 12.1. The van der Waals surface area contributed by atoms with Gasteiger partial charge >= 0.3 is 0 Å². The van der Waals surface area contributed by atoms with Crippen molar-refractivity contribution in [2.45, 2.75) is 13.1 Å². The zero-order valence-electron chi connectivity index (χ0n) is 9.92. The molecule has 0 unspecified atom stereocenters. The molecular formula is C11H15N5S. The van der Waals surface area contributed by atoms with E-state index < -0.39 is 0 Å². The molecule has 2 heterocycles. The van der Waals surface area contributed by atoms with Gasteiger partial charge in [-0.3, -0.25) is 9.88 Å². The van der Waals surface area contributed by atoms with Crippen molar-refractivity contribution in [3.63, 3.8) is 0 Å². The molecule has 1 N–H and O–H groups in total. The Labute approximate surface area is 105 Å². The van der Waals surface area contributed by atoms with E-state index in [0.717, 1.165) is 23.2 Å². The topological polar surface area (TPSA) is 53.9 Å². The molecule has 0 spiro atoms. The van der Waals surface area contributed by atoms with Crippen molar-refractivity contribution < 1.29 is 0 Å². The summed E-state index contributed by atoms with van der Waals surface area (Å²) in [7, 11) is 3.92. The van der Waals surface area contributed by atoms with Crippen molar-refractivity contribution >= 4 is 16.5 Å². The Bertz CT molecular complexity index is 456. The summed E-state index contributed by atoms with van der Waals surface area (Å²) in [5.74, 6) is 0. The molecule has 0 saturated carbocycles. The van der Waals surface area contributed by atoms with Gasteiger partial charge in [0.25, 0.3) is 0 Å². The van der Waals surface area contributed by atoms with Gasteiger partial charge in [0.1, 0.15) is 5.01 Å². The highest BCUT2D eigenvalue weighted by molar-refractivity contribution is 7.15. The Morgan fingerprint density at radius 1 is 1.24 bits per heavy atom. The van der Waals surface area contributed by atoms with Crippen molar-refractivity contribution in [2.24, 2.45) is 0 Å². The van der Waals surface area contributed by atoms with Crippen molar-refractivity contribution in [3.8, 4) is 0 Å². The predicted molar refractivity (Wildman–Crippen MR) is 68.9 cm³/mol. The Morgan fingerprint density at radius 2 is 2.00 bits per heavy atom. The first-order chi connectivity index (χ1) is 8.28. The lowest BCUT2D eigenvalue weighted by atomic mass is 10.2. The van der Waals surface area contributed by atoms with Gasteiger partial charge in [0.05, 0.1) is 6.54 Å². The first kappa shape index (κ1) is 11.9. The fourth-order valence-corrected chi connectivity index (χ4v) is 2.28. The summed E-state index contributed by atoms with van der Waals surface area (Å²) in [4.78, 5) is 6.21. The summed E-state index contributed by atoms with van der Waals surface area (Å²) in [6.07, 6.45) is 3.63. The molecule has 0 aromatic carbocycles. The highest BCUT2D eigenvalue weighted by Gasteiger charge is 2.06. The number of nitrogens with zero attached hydrogens (tertiary/aromatic N) is 4. The second kappa shape index (κ2) is 5.70. The van der Waals surface area contributed by atoms with Crippen LogP contribution in [0.15, 0.2) is 24.5 Å². The molecule has 90 valence electrons. The van der Waals surface area contributed by atoms with Gasteiger partial charge < -0.3 is 5.32 Å². The highest BCUT2D eigenvalue weighted by atomic mass is 32.1. The molecule has 0 fully saturated rings. The molecule has 0 amide bonds. The molecule has 0 radical (unpaired) electrons. The Hall–Kier alpha value is -1.53. The van der Waals surface area contributed by atoms with Crippen LogP contribution in [0.5, 0.6) is 0 Å². The second-order valence-electron chi connectivity index (χ2n) is 3.78. The van der Waals surface area contributed by atoms with Crippen molar-refractivity contribution in [2.75, 3.05) is 19.4 Å². The molecule has 0 aliphatic heterocycles. The Kier molecular flexibility index (Phi) is 4.00. The van der Waals surface area contributed by atoms with Gasteiger partial charge in [-0.15, -0.1) is 10.2 Å². The number of hydrogen-bond donors (Lipinski definition) is 1. The summed E-state index contributed by atoms with van der Waals surface area (Å²) >= 11 is 1.58. The maximum atomic E-state index is 4.12. The molecule has 2 aromatic rings. The van der Waals surface area contributed by atoms with Gasteiger partial charge in [-0.25, -0.2) is 0 Å². The van der Waals surface area contributed by atoms with E-state index in [1.54, 1.807) is 11.3 Å². The standard InChI is InChI=1S/C11H15N5S/c1-12-11-15-14-10(17-11)8-16(2)7-9-3-5-13-6-4-9/h3-6H,7-8H2,1-2H3,(H,12,15). The summed E-state index contributed by atoms with van der Waals surface area (Å²) in [6, 6.07) is 4.05. The molecule has 6 heteroatoms. The molecule has 2 rings (SSSR count). The van der Waals surface area contributed by atoms with Gasteiger partial charge in [0.15, 0.2) is 0 Å². The minimum absolute atomic E-state index is 0.807. The van der Waals surface area contributed by atoms with Crippen molar-refractivity contribution in [3.05, 3.63) is 35.1 Å². The summed E-state index contributed by atoms with van der Waals surface area (Å²) in [6.45, 7) is 1.69. The van der Waals surface area contributed by atoms with E-state index in [0.29, 0.717) is 0 Å². The molecule has 0 aliphatic rings. The minimum Gasteiger partial charge on any atom is -0.363 e. The van der Waals surface area contributed by atoms with Crippen LogP contribution in [-0.2, 0) is 13.1 Å². The number of anilines is 1. The number of hydrogen-bond acceptors (Lipinski definition) is 6. The maximum absolute atomic E-state index is 4.12. The van der Waals surface area contributed by atoms with E-state index in [1.807, 2.05) is 31.6 Å². The van der Waals surface area contributed by atoms with Crippen LogP contribution in [-0.4, -0.2) is 34.2 Å². The first-order valence-electron chi connectivity index (χ1n) is 5.35. The van der Waals surface area contributed by atoms with Crippen LogP contribution in [0, 0.1) is 0 Å². The normalized spacial score (nSPS) is 10.8. The van der Waals surface area contributed by atoms with Crippen LogP contribution in [0.1, 0.15) is 10.6 Å². The van der Waals surface area contributed by atoms with Crippen LogP contribution >= 0.6 is 11.3 Å². The molecule has 17 heavy (non-hydrogen) atoms. The van der Waals surface area contributed by atoms with Crippen LogP contribution < -0.4 is 5.32 Å². The van der Waals surface area contributed by atoms with Gasteiger partial charge in [-0.2, -0.15) is 0 Å². The summed E-state index contributed by atoms with van der Waals surface area (Å²) in [5.41, 5.74) is 1.25. The van der Waals surface area contributed by atoms with Crippen LogP contribution in [0.4, 0.5) is 5.13 Å². The van der Waals surface area contributed by atoms with E-state index in [9.17, 15) is 0 Å². The van der Waals surface area contributed by atoms with Crippen molar-refractivity contribution in [1.29, 1.82) is 0 Å².